The molecule has 1 aromatic carbocycles. The van der Waals surface area contributed by atoms with Gasteiger partial charge in [-0.1, -0.05) is 11.6 Å². The van der Waals surface area contributed by atoms with Crippen molar-refractivity contribution < 1.29 is 9.21 Å². The summed E-state index contributed by atoms with van der Waals surface area (Å²) in [4.78, 5) is 18.3. The molecule has 0 unspecified atom stereocenters. The third-order valence-electron chi connectivity index (χ3n) is 3.57. The number of anilines is 1. The first-order chi connectivity index (χ1) is 9.56. The zero-order valence-corrected chi connectivity index (χ0v) is 12.2. The van der Waals surface area contributed by atoms with E-state index in [9.17, 15) is 4.79 Å². The molecule has 1 aliphatic rings. The van der Waals surface area contributed by atoms with Crippen molar-refractivity contribution in [3.63, 3.8) is 0 Å². The van der Waals surface area contributed by atoms with Gasteiger partial charge in [0.05, 0.1) is 5.56 Å². The van der Waals surface area contributed by atoms with Gasteiger partial charge in [0.1, 0.15) is 5.52 Å². The Morgan fingerprint density at radius 2 is 2.35 bits per heavy atom. The lowest BCUT2D eigenvalue weighted by molar-refractivity contribution is 0.101. The van der Waals surface area contributed by atoms with Crippen LogP contribution < -0.4 is 10.2 Å². The summed E-state index contributed by atoms with van der Waals surface area (Å²) >= 11 is 6.03. The normalized spacial score (nSPS) is 19.6. The van der Waals surface area contributed by atoms with E-state index in [0.29, 0.717) is 33.7 Å². The van der Waals surface area contributed by atoms with Gasteiger partial charge in [-0.3, -0.25) is 4.79 Å². The zero-order chi connectivity index (χ0) is 14.3. The maximum atomic E-state index is 11.7. The minimum absolute atomic E-state index is 0.0754. The third kappa shape index (κ3) is 2.27. The molecule has 1 saturated heterocycles. The maximum Gasteiger partial charge on any atom is 0.298 e. The van der Waals surface area contributed by atoms with Crippen molar-refractivity contribution in [1.82, 2.24) is 10.3 Å². The largest absolute Gasteiger partial charge is 0.423 e. The topological polar surface area (TPSA) is 58.4 Å². The van der Waals surface area contributed by atoms with E-state index in [-0.39, 0.29) is 5.78 Å². The fourth-order valence-corrected chi connectivity index (χ4v) is 2.71. The predicted molar refractivity (Wildman–Crippen MR) is 78.7 cm³/mol. The molecule has 3 rings (SSSR count). The smallest absolute Gasteiger partial charge is 0.298 e. The minimum Gasteiger partial charge on any atom is -0.423 e. The van der Waals surface area contributed by atoms with E-state index in [1.165, 1.54) is 6.92 Å². The highest BCUT2D eigenvalue weighted by Crippen LogP contribution is 2.29. The number of oxazole rings is 1. The molecule has 20 heavy (non-hydrogen) atoms. The molecule has 0 amide bonds. The number of nitrogens with one attached hydrogen (secondary N) is 1. The number of piperazine rings is 1. The highest BCUT2D eigenvalue weighted by Gasteiger charge is 2.24. The van der Waals surface area contributed by atoms with Crippen LogP contribution in [0.25, 0.3) is 11.1 Å². The number of carbonyl (C=O) groups is 1. The van der Waals surface area contributed by atoms with E-state index in [1.807, 2.05) is 0 Å². The SMILES string of the molecule is CC(=O)c1cc(Cl)cc2nc(N3CCNC[C@@H]3C)oc12. The summed E-state index contributed by atoms with van der Waals surface area (Å²) in [5.41, 5.74) is 1.63. The fraction of sp³-hybridized carbons (Fsp3) is 0.429. The molecule has 1 aromatic heterocycles. The highest BCUT2D eigenvalue weighted by molar-refractivity contribution is 6.32. The Morgan fingerprint density at radius 1 is 1.55 bits per heavy atom. The summed E-state index contributed by atoms with van der Waals surface area (Å²) < 4.78 is 5.83. The van der Waals surface area contributed by atoms with Gasteiger partial charge in [0.2, 0.25) is 0 Å². The number of carbonyl (C=O) groups excluding carboxylic acids is 1. The van der Waals surface area contributed by atoms with Gasteiger partial charge in [0.15, 0.2) is 11.4 Å². The Balaban J connectivity index is 2.10. The van der Waals surface area contributed by atoms with Crippen molar-refractivity contribution in [3.8, 4) is 0 Å². The van der Waals surface area contributed by atoms with E-state index in [4.69, 9.17) is 16.0 Å². The molecule has 1 aliphatic heterocycles. The Bertz CT molecular complexity index is 668. The van der Waals surface area contributed by atoms with Gasteiger partial charge in [-0.25, -0.2) is 0 Å². The van der Waals surface area contributed by atoms with Crippen LogP contribution in [0.4, 0.5) is 6.01 Å². The molecule has 106 valence electrons. The summed E-state index contributed by atoms with van der Waals surface area (Å²) in [6, 6.07) is 4.21. The van der Waals surface area contributed by atoms with Gasteiger partial charge in [-0.05, 0) is 26.0 Å². The van der Waals surface area contributed by atoms with Crippen molar-refractivity contribution in [2.45, 2.75) is 19.9 Å². The second-order valence-electron chi connectivity index (χ2n) is 5.10. The highest BCUT2D eigenvalue weighted by atomic mass is 35.5. The van der Waals surface area contributed by atoms with Crippen LogP contribution in [0.2, 0.25) is 5.02 Å². The summed E-state index contributed by atoms with van der Waals surface area (Å²) in [6.07, 6.45) is 0. The van der Waals surface area contributed by atoms with Gasteiger partial charge < -0.3 is 14.6 Å². The number of Topliss-reactive ketones (excluding diaryl/α,β-unsaturated/α-hetero) is 1. The monoisotopic (exact) mass is 293 g/mol. The van der Waals surface area contributed by atoms with Gasteiger partial charge >= 0.3 is 0 Å². The fourth-order valence-electron chi connectivity index (χ4n) is 2.50. The number of aromatic nitrogens is 1. The van der Waals surface area contributed by atoms with E-state index in [0.717, 1.165) is 19.6 Å². The summed E-state index contributed by atoms with van der Waals surface area (Å²) in [5.74, 6) is -0.0754. The number of ketones is 1. The molecule has 0 bridgehead atoms. The van der Waals surface area contributed by atoms with Crippen LogP contribution >= 0.6 is 11.6 Å². The van der Waals surface area contributed by atoms with E-state index >= 15 is 0 Å². The van der Waals surface area contributed by atoms with Gasteiger partial charge in [-0.15, -0.1) is 0 Å². The van der Waals surface area contributed by atoms with Crippen molar-refractivity contribution in [1.29, 1.82) is 0 Å². The molecule has 5 nitrogen and oxygen atoms in total. The standard InChI is InChI=1S/C14H16ClN3O2/c1-8-7-16-3-4-18(8)14-17-12-6-10(15)5-11(9(2)19)13(12)20-14/h5-6,8,16H,3-4,7H2,1-2H3/t8-/m0/s1. The van der Waals surface area contributed by atoms with Crippen molar-refractivity contribution in [2.75, 3.05) is 24.5 Å². The Kier molecular flexibility index (Phi) is 3.40. The Morgan fingerprint density at radius 3 is 3.05 bits per heavy atom. The number of nitrogens with zero attached hydrogens (tertiary/aromatic N) is 2. The van der Waals surface area contributed by atoms with Gasteiger partial charge in [-0.2, -0.15) is 4.98 Å². The van der Waals surface area contributed by atoms with Crippen LogP contribution in [0.3, 0.4) is 0 Å². The molecule has 0 radical (unpaired) electrons. The summed E-state index contributed by atoms with van der Waals surface area (Å²) in [5, 5.41) is 3.82. The first kappa shape index (κ1) is 13.4. The number of benzene rings is 1. The molecule has 2 heterocycles. The van der Waals surface area contributed by atoms with Crippen LogP contribution in [0.1, 0.15) is 24.2 Å². The molecule has 1 fully saturated rings. The van der Waals surface area contributed by atoms with Crippen LogP contribution in [0, 0.1) is 0 Å². The first-order valence-corrected chi connectivity index (χ1v) is 7.02. The number of fused-ring (bicyclic) bond motifs is 1. The molecule has 1 atom stereocenters. The lowest BCUT2D eigenvalue weighted by atomic mass is 10.1. The Labute approximate surface area is 121 Å². The summed E-state index contributed by atoms with van der Waals surface area (Å²) in [6.45, 7) is 6.22. The first-order valence-electron chi connectivity index (χ1n) is 6.64. The lowest BCUT2D eigenvalue weighted by Gasteiger charge is -2.32. The molecule has 2 aromatic rings. The number of halogens is 1. The van der Waals surface area contributed by atoms with Crippen molar-refractivity contribution in [3.05, 3.63) is 22.7 Å². The van der Waals surface area contributed by atoms with Crippen molar-refractivity contribution >= 4 is 34.5 Å². The van der Waals surface area contributed by atoms with Crippen LogP contribution in [-0.2, 0) is 0 Å². The lowest BCUT2D eigenvalue weighted by Crippen LogP contribution is -2.50. The number of hydrogen-bond donors (Lipinski definition) is 1. The molecule has 1 N–H and O–H groups in total. The summed E-state index contributed by atoms with van der Waals surface area (Å²) in [7, 11) is 0. The third-order valence-corrected chi connectivity index (χ3v) is 3.79. The minimum atomic E-state index is -0.0754. The molecule has 0 aliphatic carbocycles. The van der Waals surface area contributed by atoms with E-state index in [1.54, 1.807) is 12.1 Å². The van der Waals surface area contributed by atoms with E-state index < -0.39 is 0 Å². The maximum absolute atomic E-state index is 11.7. The Hall–Kier alpha value is -1.59. The van der Waals surface area contributed by atoms with Crippen molar-refractivity contribution in [2.24, 2.45) is 0 Å². The quantitative estimate of drug-likeness (QED) is 0.862. The molecule has 6 heteroatoms. The van der Waals surface area contributed by atoms with Crippen LogP contribution in [0.5, 0.6) is 0 Å². The number of rotatable bonds is 2. The number of hydrogen-bond acceptors (Lipinski definition) is 5. The second-order valence-corrected chi connectivity index (χ2v) is 5.54. The predicted octanol–water partition coefficient (Wildman–Crippen LogP) is 2.48. The van der Waals surface area contributed by atoms with Crippen LogP contribution in [0.15, 0.2) is 16.5 Å². The van der Waals surface area contributed by atoms with Crippen LogP contribution in [-0.4, -0.2) is 36.4 Å². The molecular formula is C14H16ClN3O2. The molecule has 0 saturated carbocycles. The van der Waals surface area contributed by atoms with E-state index in [2.05, 4.69) is 22.1 Å². The second kappa shape index (κ2) is 5.07. The zero-order valence-electron chi connectivity index (χ0n) is 11.4. The average molecular weight is 294 g/mol. The molecular weight excluding hydrogens is 278 g/mol. The van der Waals surface area contributed by atoms with Gasteiger partial charge in [0.25, 0.3) is 6.01 Å². The van der Waals surface area contributed by atoms with Gasteiger partial charge in [0, 0.05) is 30.7 Å². The molecule has 0 spiro atoms. The average Bonchev–Trinajstić information content (AvgIpc) is 2.81.